The van der Waals surface area contributed by atoms with Crippen molar-refractivity contribution in [2.45, 2.75) is 19.4 Å². The average Bonchev–Trinajstić information content (AvgIpc) is 2.90. The van der Waals surface area contributed by atoms with Gasteiger partial charge in [0.15, 0.2) is 0 Å². The van der Waals surface area contributed by atoms with Gasteiger partial charge in [-0.1, -0.05) is 15.9 Å². The molecule has 0 unspecified atom stereocenters. The molecule has 1 aliphatic rings. The summed E-state index contributed by atoms with van der Waals surface area (Å²) in [6, 6.07) is 3.26. The first-order valence-electron chi connectivity index (χ1n) is 6.26. The summed E-state index contributed by atoms with van der Waals surface area (Å²) in [5.74, 6) is -0.557. The Kier molecular flexibility index (Phi) is 3.52. The van der Waals surface area contributed by atoms with Gasteiger partial charge in [-0.15, -0.1) is 0 Å². The Morgan fingerprint density at radius 1 is 1.45 bits per heavy atom. The fourth-order valence-corrected chi connectivity index (χ4v) is 2.92. The van der Waals surface area contributed by atoms with Crippen LogP contribution in [-0.2, 0) is 17.8 Å². The molecule has 2 aromatic rings. The number of nitrogens with zero attached hydrogens (tertiary/aromatic N) is 4. The number of aryl methyl sites for hydroxylation is 1. The lowest BCUT2D eigenvalue weighted by Gasteiger charge is -2.30. The van der Waals surface area contributed by atoms with Gasteiger partial charge < -0.3 is 4.90 Å². The fraction of sp³-hybridized carbons (Fsp3) is 0.308. The first-order chi connectivity index (χ1) is 9.65. The summed E-state index contributed by atoms with van der Waals surface area (Å²) >= 11 is 3.28. The first-order valence-corrected chi connectivity index (χ1v) is 7.05. The molecule has 1 aromatic carbocycles. The quantitative estimate of drug-likeness (QED) is 0.843. The first kappa shape index (κ1) is 13.2. The van der Waals surface area contributed by atoms with Crippen LogP contribution in [-0.4, -0.2) is 27.2 Å². The van der Waals surface area contributed by atoms with Crippen molar-refractivity contribution in [1.29, 1.82) is 0 Å². The van der Waals surface area contributed by atoms with Crippen LogP contribution in [0.25, 0.3) is 0 Å². The molecule has 5 nitrogen and oxygen atoms in total. The molecule has 3 rings (SSSR count). The number of hydrogen-bond acceptors (Lipinski definition) is 3. The molecule has 0 N–H and O–H groups in total. The zero-order valence-corrected chi connectivity index (χ0v) is 12.2. The summed E-state index contributed by atoms with van der Waals surface area (Å²) in [5.41, 5.74) is 1.25. The largest absolute Gasteiger partial charge is 0.308 e. The van der Waals surface area contributed by atoms with E-state index in [0.717, 1.165) is 18.4 Å². The minimum atomic E-state index is -0.374. The van der Waals surface area contributed by atoms with E-state index in [2.05, 4.69) is 26.0 Å². The third-order valence-corrected chi connectivity index (χ3v) is 3.73. The number of carbonyl (C=O) groups excluding carboxylic acids is 1. The SMILES string of the molecule is O=C(Cn1cncn1)N1CCCc2cc(Br)cc(F)c21. The summed E-state index contributed by atoms with van der Waals surface area (Å²) in [6.07, 6.45) is 4.45. The van der Waals surface area contributed by atoms with Crippen molar-refractivity contribution < 1.29 is 9.18 Å². The maximum absolute atomic E-state index is 14.2. The Hall–Kier alpha value is -1.76. The smallest absolute Gasteiger partial charge is 0.248 e. The third-order valence-electron chi connectivity index (χ3n) is 3.27. The van der Waals surface area contributed by atoms with E-state index in [1.807, 2.05) is 6.07 Å². The molecule has 1 aromatic heterocycles. The van der Waals surface area contributed by atoms with Gasteiger partial charge >= 0.3 is 0 Å². The van der Waals surface area contributed by atoms with Crippen LogP contribution in [0.2, 0.25) is 0 Å². The van der Waals surface area contributed by atoms with Crippen molar-refractivity contribution in [1.82, 2.24) is 14.8 Å². The second-order valence-electron chi connectivity index (χ2n) is 4.64. The van der Waals surface area contributed by atoms with E-state index in [4.69, 9.17) is 0 Å². The van der Waals surface area contributed by atoms with Crippen molar-refractivity contribution in [3.8, 4) is 0 Å². The Morgan fingerprint density at radius 2 is 2.30 bits per heavy atom. The minimum absolute atomic E-state index is 0.0644. The topological polar surface area (TPSA) is 51.0 Å². The molecule has 104 valence electrons. The number of fused-ring (bicyclic) bond motifs is 1. The van der Waals surface area contributed by atoms with Gasteiger partial charge in [-0.25, -0.2) is 14.1 Å². The number of hydrogen-bond donors (Lipinski definition) is 0. The summed E-state index contributed by atoms with van der Waals surface area (Å²) in [7, 11) is 0. The van der Waals surface area contributed by atoms with Crippen molar-refractivity contribution in [3.05, 3.63) is 40.6 Å². The molecule has 1 amide bonds. The Balaban J connectivity index is 1.91. The molecule has 20 heavy (non-hydrogen) atoms. The van der Waals surface area contributed by atoms with E-state index in [1.165, 1.54) is 28.3 Å². The molecule has 0 saturated carbocycles. The number of carbonyl (C=O) groups is 1. The molecule has 0 radical (unpaired) electrons. The summed E-state index contributed by atoms with van der Waals surface area (Å²) in [4.78, 5) is 17.6. The van der Waals surface area contributed by atoms with Crippen LogP contribution >= 0.6 is 15.9 Å². The number of benzene rings is 1. The Labute approximate surface area is 123 Å². The van der Waals surface area contributed by atoms with Gasteiger partial charge in [-0.3, -0.25) is 4.79 Å². The van der Waals surface area contributed by atoms with Gasteiger partial charge in [-0.05, 0) is 30.5 Å². The average molecular weight is 339 g/mol. The number of aromatic nitrogens is 3. The van der Waals surface area contributed by atoms with Crippen LogP contribution in [0.4, 0.5) is 10.1 Å². The van der Waals surface area contributed by atoms with E-state index in [0.29, 0.717) is 16.7 Å². The lowest BCUT2D eigenvalue weighted by atomic mass is 10.0. The second-order valence-corrected chi connectivity index (χ2v) is 5.55. The molecule has 0 fully saturated rings. The molecule has 0 atom stereocenters. The molecule has 0 spiro atoms. The lowest BCUT2D eigenvalue weighted by Crippen LogP contribution is -2.38. The van der Waals surface area contributed by atoms with Gasteiger partial charge in [0.25, 0.3) is 0 Å². The highest BCUT2D eigenvalue weighted by Crippen LogP contribution is 2.33. The zero-order valence-electron chi connectivity index (χ0n) is 10.6. The predicted molar refractivity (Wildman–Crippen MR) is 74.8 cm³/mol. The van der Waals surface area contributed by atoms with Crippen LogP contribution in [0.15, 0.2) is 29.3 Å². The van der Waals surface area contributed by atoms with Gasteiger partial charge in [0, 0.05) is 11.0 Å². The highest BCUT2D eigenvalue weighted by Gasteiger charge is 2.26. The molecule has 0 saturated heterocycles. The minimum Gasteiger partial charge on any atom is -0.308 e. The van der Waals surface area contributed by atoms with Crippen LogP contribution in [0.1, 0.15) is 12.0 Å². The van der Waals surface area contributed by atoms with Gasteiger partial charge in [-0.2, -0.15) is 5.10 Å². The van der Waals surface area contributed by atoms with Crippen molar-refractivity contribution in [3.63, 3.8) is 0 Å². The van der Waals surface area contributed by atoms with E-state index in [9.17, 15) is 9.18 Å². The van der Waals surface area contributed by atoms with Crippen LogP contribution in [0, 0.1) is 5.82 Å². The summed E-state index contributed by atoms with van der Waals surface area (Å²) < 4.78 is 16.3. The molecule has 0 bridgehead atoms. The highest BCUT2D eigenvalue weighted by molar-refractivity contribution is 9.10. The van der Waals surface area contributed by atoms with Crippen LogP contribution < -0.4 is 4.90 Å². The monoisotopic (exact) mass is 338 g/mol. The van der Waals surface area contributed by atoms with Crippen molar-refractivity contribution >= 4 is 27.5 Å². The zero-order chi connectivity index (χ0) is 14.1. The lowest BCUT2D eigenvalue weighted by molar-refractivity contribution is -0.119. The Bertz CT molecular complexity index is 644. The standard InChI is InChI=1S/C13H12BrFN4O/c14-10-4-9-2-1-3-19(13(9)11(15)5-10)12(20)6-18-8-16-7-17-18/h4-5,7-8H,1-3,6H2. The van der Waals surface area contributed by atoms with Crippen LogP contribution in [0.5, 0.6) is 0 Å². The third kappa shape index (κ3) is 2.45. The van der Waals surface area contributed by atoms with Crippen molar-refractivity contribution in [2.24, 2.45) is 0 Å². The summed E-state index contributed by atoms with van der Waals surface area (Å²) in [5, 5.41) is 3.90. The van der Waals surface area contributed by atoms with E-state index >= 15 is 0 Å². The maximum Gasteiger partial charge on any atom is 0.248 e. The van der Waals surface area contributed by atoms with Gasteiger partial charge in [0.1, 0.15) is 25.0 Å². The summed E-state index contributed by atoms with van der Waals surface area (Å²) in [6.45, 7) is 0.591. The van der Waals surface area contributed by atoms with E-state index in [1.54, 1.807) is 0 Å². The molecule has 1 aliphatic heterocycles. The van der Waals surface area contributed by atoms with Gasteiger partial charge in [0.05, 0.1) is 5.69 Å². The van der Waals surface area contributed by atoms with Crippen molar-refractivity contribution in [2.75, 3.05) is 11.4 Å². The maximum atomic E-state index is 14.2. The Morgan fingerprint density at radius 3 is 3.05 bits per heavy atom. The second kappa shape index (κ2) is 5.32. The number of halogens is 2. The predicted octanol–water partition coefficient (Wildman–Crippen LogP) is 2.16. The number of anilines is 1. The molecule has 2 heterocycles. The highest BCUT2D eigenvalue weighted by atomic mass is 79.9. The van der Waals surface area contributed by atoms with Crippen LogP contribution in [0.3, 0.4) is 0 Å². The molecular formula is C13H12BrFN4O. The molecule has 0 aliphatic carbocycles. The van der Waals surface area contributed by atoms with Gasteiger partial charge in [0.2, 0.25) is 5.91 Å². The molecular weight excluding hydrogens is 327 g/mol. The normalized spacial score (nSPS) is 14.2. The van der Waals surface area contributed by atoms with E-state index < -0.39 is 0 Å². The molecule has 7 heteroatoms. The number of rotatable bonds is 2. The van der Waals surface area contributed by atoms with E-state index in [-0.39, 0.29) is 18.3 Å². The fourth-order valence-electron chi connectivity index (χ4n) is 2.44. The number of amides is 1.